The lowest BCUT2D eigenvalue weighted by molar-refractivity contribution is 0.0666. The van der Waals surface area contributed by atoms with E-state index in [1.807, 2.05) is 44.2 Å². The van der Waals surface area contributed by atoms with Gasteiger partial charge in [0, 0.05) is 33.6 Å². The molecule has 0 spiro atoms. The number of hydrogen-bond donors (Lipinski definition) is 0. The lowest BCUT2D eigenvalue weighted by Crippen LogP contribution is -2.53. The molecule has 0 bridgehead atoms. The molecule has 3 aromatic rings. The Kier molecular flexibility index (Phi) is 6.64. The molecule has 6 nitrogen and oxygen atoms in total. The molecular weight excluding hydrogens is 541 g/mol. The molecule has 0 N–H and O–H groups in total. The number of amides is 1. The highest BCUT2D eigenvalue weighted by molar-refractivity contribution is 9.10. The molecule has 2 aromatic carbocycles. The van der Waals surface area contributed by atoms with Gasteiger partial charge in [0.15, 0.2) is 9.84 Å². The smallest absolute Gasteiger partial charge is 0.278 e. The molecule has 1 saturated heterocycles. The minimum atomic E-state index is -4.20. The fourth-order valence-corrected chi connectivity index (χ4v) is 7.25. The Balaban J connectivity index is 1.65. The van der Waals surface area contributed by atoms with Gasteiger partial charge in [-0.15, -0.1) is 11.3 Å². The lowest BCUT2D eigenvalue weighted by Gasteiger charge is -2.35. The van der Waals surface area contributed by atoms with Crippen molar-refractivity contribution in [3.63, 3.8) is 0 Å². The van der Waals surface area contributed by atoms with Crippen molar-refractivity contribution >= 4 is 43.0 Å². The first-order valence-electron chi connectivity index (χ1n) is 10.5. The summed E-state index contributed by atoms with van der Waals surface area (Å²) in [7, 11) is -4.20. The van der Waals surface area contributed by atoms with E-state index in [1.54, 1.807) is 6.07 Å². The molecule has 0 aliphatic carbocycles. The summed E-state index contributed by atoms with van der Waals surface area (Å²) in [6.07, 6.45) is 1.52. The van der Waals surface area contributed by atoms with Crippen LogP contribution >= 0.6 is 27.3 Å². The predicted octanol–water partition coefficient (Wildman–Crippen LogP) is 4.93. The molecule has 1 fully saturated rings. The largest absolute Gasteiger partial charge is 0.333 e. The third-order valence-electron chi connectivity index (χ3n) is 6.06. The molecule has 2 atom stereocenters. The fourth-order valence-electron chi connectivity index (χ4n) is 4.00. The number of sulfone groups is 1. The van der Waals surface area contributed by atoms with Crippen molar-refractivity contribution in [2.75, 3.05) is 18.8 Å². The van der Waals surface area contributed by atoms with Gasteiger partial charge in [-0.3, -0.25) is 4.79 Å². The summed E-state index contributed by atoms with van der Waals surface area (Å²) in [5.41, 5.74) is 2.58. The highest BCUT2D eigenvalue weighted by Gasteiger charge is 2.53. The molecule has 10 heteroatoms. The minimum absolute atomic E-state index is 0.0905. The van der Waals surface area contributed by atoms with E-state index in [9.17, 15) is 18.5 Å². The monoisotopic (exact) mass is 561 g/mol. The Labute approximate surface area is 210 Å². The topological polar surface area (TPSA) is 91.1 Å². The Hall–Kier alpha value is -2.61. The maximum absolute atomic E-state index is 16.3. The maximum Gasteiger partial charge on any atom is 0.278 e. The summed E-state index contributed by atoms with van der Waals surface area (Å²) in [5.74, 6) is -1.14. The average molecular weight is 562 g/mol. The zero-order chi connectivity index (χ0) is 24.7. The molecular formula is C24H21BrFN3O3S2. The van der Waals surface area contributed by atoms with Crippen LogP contribution in [0.5, 0.6) is 0 Å². The van der Waals surface area contributed by atoms with E-state index < -0.39 is 33.0 Å². The first-order chi connectivity index (χ1) is 16.1. The van der Waals surface area contributed by atoms with Gasteiger partial charge in [-0.25, -0.2) is 17.8 Å². The van der Waals surface area contributed by atoms with Gasteiger partial charge in [-0.2, -0.15) is 5.26 Å². The van der Waals surface area contributed by atoms with E-state index in [-0.39, 0.29) is 28.6 Å². The number of nitriles is 1. The third-order valence-corrected chi connectivity index (χ3v) is 10.2. The third kappa shape index (κ3) is 4.28. The van der Waals surface area contributed by atoms with E-state index >= 15 is 4.39 Å². The van der Waals surface area contributed by atoms with Gasteiger partial charge in [0.1, 0.15) is 11.1 Å². The molecule has 34 heavy (non-hydrogen) atoms. The Morgan fingerprint density at radius 2 is 2.06 bits per heavy atom. The van der Waals surface area contributed by atoms with E-state index in [2.05, 4.69) is 20.9 Å². The van der Waals surface area contributed by atoms with Crippen molar-refractivity contribution in [3.05, 3.63) is 85.3 Å². The highest BCUT2D eigenvalue weighted by atomic mass is 79.9. The van der Waals surface area contributed by atoms with Crippen molar-refractivity contribution in [3.8, 4) is 6.07 Å². The van der Waals surface area contributed by atoms with Crippen LogP contribution in [0.1, 0.15) is 49.8 Å². The summed E-state index contributed by atoms with van der Waals surface area (Å²) in [4.78, 5) is 19.2. The molecule has 1 aromatic heterocycles. The van der Waals surface area contributed by atoms with Crippen molar-refractivity contribution in [2.45, 2.75) is 24.8 Å². The zero-order valence-corrected chi connectivity index (χ0v) is 21.7. The lowest BCUT2D eigenvalue weighted by atomic mass is 9.96. The summed E-state index contributed by atoms with van der Waals surface area (Å²) in [6, 6.07) is 14.3. The summed E-state index contributed by atoms with van der Waals surface area (Å²) in [5, 5.41) is 6.26. The van der Waals surface area contributed by atoms with E-state index in [4.69, 9.17) is 0 Å². The minimum Gasteiger partial charge on any atom is -0.333 e. The number of rotatable bonds is 4. The van der Waals surface area contributed by atoms with Gasteiger partial charge >= 0.3 is 0 Å². The summed E-state index contributed by atoms with van der Waals surface area (Å²) < 4.78 is 42.5. The Morgan fingerprint density at radius 1 is 1.32 bits per heavy atom. The SMILES string of the molecule is Cc1ccccc1[C@@H](C)c1cnc([C@]2(F)CN(C(=O)c3ccc(Br)c(C#N)c3)CCS2(=O)=O)s1. The van der Waals surface area contributed by atoms with Gasteiger partial charge in [-0.1, -0.05) is 31.2 Å². The van der Waals surface area contributed by atoms with Crippen LogP contribution in [0.4, 0.5) is 4.39 Å². The van der Waals surface area contributed by atoms with Crippen molar-refractivity contribution in [2.24, 2.45) is 0 Å². The molecule has 2 heterocycles. The molecule has 1 aliphatic heterocycles. The first-order valence-corrected chi connectivity index (χ1v) is 13.8. The molecule has 1 aliphatic rings. The first kappa shape index (κ1) is 24.5. The van der Waals surface area contributed by atoms with Gasteiger partial charge in [-0.05, 0) is 52.2 Å². The second kappa shape index (κ2) is 9.21. The maximum atomic E-state index is 16.3. The van der Waals surface area contributed by atoms with Crippen LogP contribution in [-0.2, 0) is 14.8 Å². The number of halogens is 2. The van der Waals surface area contributed by atoms with Crippen LogP contribution in [0.3, 0.4) is 0 Å². The summed E-state index contributed by atoms with van der Waals surface area (Å²) in [6.45, 7) is 3.16. The van der Waals surface area contributed by atoms with Crippen LogP contribution in [0, 0.1) is 18.3 Å². The standard InChI is InChI=1S/C24H21BrFN3O3S2/c1-15-5-3-4-6-19(15)16(2)21-13-28-23(33-21)24(26)14-29(9-10-34(24,31)32)22(30)17-7-8-20(25)18(11-17)12-27/h3-8,11,13,16H,9-10,14H2,1-2H3/t16-,24+/m1/s1. The molecule has 176 valence electrons. The Bertz CT molecular complexity index is 1420. The van der Waals surface area contributed by atoms with E-state index in [1.165, 1.54) is 23.2 Å². The zero-order valence-electron chi connectivity index (χ0n) is 18.5. The molecule has 4 rings (SSSR count). The number of carbonyl (C=O) groups is 1. The average Bonchev–Trinajstić information content (AvgIpc) is 3.32. The van der Waals surface area contributed by atoms with Crippen LogP contribution in [0.2, 0.25) is 0 Å². The fraction of sp³-hybridized carbons (Fsp3) is 0.292. The number of nitrogens with zero attached hydrogens (tertiary/aromatic N) is 3. The van der Waals surface area contributed by atoms with Crippen molar-refractivity contribution in [1.82, 2.24) is 9.88 Å². The number of benzene rings is 2. The Morgan fingerprint density at radius 3 is 2.76 bits per heavy atom. The summed E-state index contributed by atoms with van der Waals surface area (Å²) >= 11 is 4.26. The number of thiazole rings is 1. The molecule has 0 saturated carbocycles. The number of alkyl halides is 1. The predicted molar refractivity (Wildman–Crippen MR) is 132 cm³/mol. The highest BCUT2D eigenvalue weighted by Crippen LogP contribution is 2.41. The van der Waals surface area contributed by atoms with Gasteiger partial charge < -0.3 is 4.90 Å². The second-order valence-electron chi connectivity index (χ2n) is 8.23. The van der Waals surface area contributed by atoms with Crippen LogP contribution in [0.25, 0.3) is 0 Å². The van der Waals surface area contributed by atoms with Crippen LogP contribution in [0.15, 0.2) is 53.1 Å². The van der Waals surface area contributed by atoms with Crippen molar-refractivity contribution < 1.29 is 17.6 Å². The normalized spacial score (nSPS) is 20.5. The number of aryl methyl sites for hydroxylation is 1. The molecule has 0 unspecified atom stereocenters. The van der Waals surface area contributed by atoms with E-state index in [0.29, 0.717) is 4.47 Å². The number of hydrogen-bond acceptors (Lipinski definition) is 6. The molecule has 1 amide bonds. The van der Waals surface area contributed by atoms with Crippen molar-refractivity contribution in [1.29, 1.82) is 5.26 Å². The second-order valence-corrected chi connectivity index (χ2v) is 12.4. The quantitative estimate of drug-likeness (QED) is 0.450. The van der Waals surface area contributed by atoms with Gasteiger partial charge in [0.2, 0.25) is 0 Å². The van der Waals surface area contributed by atoms with Crippen LogP contribution in [-0.4, -0.2) is 43.1 Å². The number of aromatic nitrogens is 1. The van der Waals surface area contributed by atoms with Gasteiger partial charge in [0.25, 0.3) is 10.9 Å². The van der Waals surface area contributed by atoms with Crippen LogP contribution < -0.4 is 0 Å². The van der Waals surface area contributed by atoms with E-state index in [0.717, 1.165) is 27.3 Å². The molecule has 0 radical (unpaired) electrons. The number of carbonyl (C=O) groups excluding carboxylic acids is 1. The van der Waals surface area contributed by atoms with Gasteiger partial charge in [0.05, 0.1) is 17.9 Å².